The highest BCUT2D eigenvalue weighted by atomic mass is 16.6. The lowest BCUT2D eigenvalue weighted by molar-refractivity contribution is -0.0151. The standard InChI is InChI=1S/C23H29N3O5/c1-28-20-9-8-18(13-21(20)31-19-6-2-3-7-19)25-22-15-26(11-12-29-22)23(27)30-16-17-5-4-10-24-14-17/h4-5,8-10,13-14,19,22,25H,2-3,6-7,11-12,15-16H2,1H3. The highest BCUT2D eigenvalue weighted by Gasteiger charge is 2.26. The van der Waals surface area contributed by atoms with E-state index in [2.05, 4.69) is 10.3 Å². The molecular formula is C23H29N3O5. The lowest BCUT2D eigenvalue weighted by atomic mass is 10.2. The number of carbonyl (C=O) groups is 1. The van der Waals surface area contributed by atoms with Gasteiger partial charge in [-0.2, -0.15) is 0 Å². The molecule has 1 unspecified atom stereocenters. The summed E-state index contributed by atoms with van der Waals surface area (Å²) in [5, 5.41) is 3.34. The molecule has 0 bridgehead atoms. The van der Waals surface area contributed by atoms with E-state index in [1.165, 1.54) is 12.8 Å². The van der Waals surface area contributed by atoms with Crippen molar-refractivity contribution >= 4 is 11.8 Å². The highest BCUT2D eigenvalue weighted by Crippen LogP contribution is 2.34. The van der Waals surface area contributed by atoms with Crippen LogP contribution >= 0.6 is 0 Å². The summed E-state index contributed by atoms with van der Waals surface area (Å²) in [6.45, 7) is 1.50. The summed E-state index contributed by atoms with van der Waals surface area (Å²) in [5.74, 6) is 1.44. The molecular weight excluding hydrogens is 398 g/mol. The monoisotopic (exact) mass is 427 g/mol. The zero-order valence-corrected chi connectivity index (χ0v) is 17.8. The van der Waals surface area contributed by atoms with Gasteiger partial charge in [0.2, 0.25) is 0 Å². The van der Waals surface area contributed by atoms with Crippen molar-refractivity contribution in [2.75, 3.05) is 32.1 Å². The summed E-state index contributed by atoms with van der Waals surface area (Å²) < 4.78 is 22.8. The van der Waals surface area contributed by atoms with Crippen molar-refractivity contribution in [1.29, 1.82) is 0 Å². The Morgan fingerprint density at radius 1 is 1.26 bits per heavy atom. The van der Waals surface area contributed by atoms with Crippen molar-refractivity contribution in [2.45, 2.75) is 44.6 Å². The van der Waals surface area contributed by atoms with E-state index in [0.717, 1.165) is 29.8 Å². The van der Waals surface area contributed by atoms with E-state index in [1.807, 2.05) is 30.3 Å². The summed E-state index contributed by atoms with van der Waals surface area (Å²) in [7, 11) is 1.64. The summed E-state index contributed by atoms with van der Waals surface area (Å²) >= 11 is 0. The molecule has 1 aromatic heterocycles. The molecule has 2 fully saturated rings. The minimum atomic E-state index is -0.362. The van der Waals surface area contributed by atoms with Gasteiger partial charge < -0.3 is 29.2 Å². The third kappa shape index (κ3) is 5.79. The third-order valence-corrected chi connectivity index (χ3v) is 5.50. The minimum Gasteiger partial charge on any atom is -0.493 e. The number of hydrogen-bond donors (Lipinski definition) is 1. The van der Waals surface area contributed by atoms with Crippen molar-refractivity contribution in [1.82, 2.24) is 9.88 Å². The first-order chi connectivity index (χ1) is 15.2. The van der Waals surface area contributed by atoms with Crippen molar-refractivity contribution in [3.05, 3.63) is 48.3 Å². The van der Waals surface area contributed by atoms with Gasteiger partial charge in [0.25, 0.3) is 0 Å². The maximum atomic E-state index is 12.5. The Hall–Kier alpha value is -3.00. The van der Waals surface area contributed by atoms with Crippen molar-refractivity contribution < 1.29 is 23.7 Å². The van der Waals surface area contributed by atoms with E-state index in [-0.39, 0.29) is 25.0 Å². The van der Waals surface area contributed by atoms with Gasteiger partial charge in [0.05, 0.1) is 26.4 Å². The van der Waals surface area contributed by atoms with Crippen molar-refractivity contribution in [3.63, 3.8) is 0 Å². The molecule has 2 aromatic rings. The lowest BCUT2D eigenvalue weighted by Crippen LogP contribution is -2.48. The summed E-state index contributed by atoms with van der Waals surface area (Å²) in [6, 6.07) is 9.43. The van der Waals surface area contributed by atoms with Crippen LogP contribution in [0.15, 0.2) is 42.7 Å². The molecule has 1 saturated carbocycles. The number of pyridine rings is 1. The Balaban J connectivity index is 1.33. The number of methoxy groups -OCH3 is 1. The van der Waals surface area contributed by atoms with E-state index < -0.39 is 0 Å². The Morgan fingerprint density at radius 2 is 2.13 bits per heavy atom. The zero-order valence-electron chi connectivity index (χ0n) is 17.8. The van der Waals surface area contributed by atoms with Gasteiger partial charge in [0.1, 0.15) is 12.8 Å². The first-order valence-electron chi connectivity index (χ1n) is 10.7. The molecule has 1 atom stereocenters. The minimum absolute atomic E-state index is 0.197. The molecule has 1 saturated heterocycles. The van der Waals surface area contributed by atoms with Gasteiger partial charge in [-0.3, -0.25) is 4.98 Å². The zero-order chi connectivity index (χ0) is 21.5. The maximum absolute atomic E-state index is 12.5. The van der Waals surface area contributed by atoms with Gasteiger partial charge in [-0.25, -0.2) is 4.79 Å². The van der Waals surface area contributed by atoms with E-state index >= 15 is 0 Å². The molecule has 2 heterocycles. The predicted octanol–water partition coefficient (Wildman–Crippen LogP) is 3.82. The van der Waals surface area contributed by atoms with Crippen LogP contribution in [-0.2, 0) is 16.1 Å². The smallest absolute Gasteiger partial charge is 0.410 e. The number of carbonyl (C=O) groups excluding carboxylic acids is 1. The molecule has 4 rings (SSSR count). The number of nitrogens with one attached hydrogen (secondary N) is 1. The van der Waals surface area contributed by atoms with Crippen LogP contribution in [0.3, 0.4) is 0 Å². The average molecular weight is 428 g/mol. The molecule has 0 spiro atoms. The second-order valence-corrected chi connectivity index (χ2v) is 7.76. The van der Waals surface area contributed by atoms with Crippen LogP contribution in [0, 0.1) is 0 Å². The summed E-state index contributed by atoms with van der Waals surface area (Å²) in [6.07, 6.45) is 7.46. The van der Waals surface area contributed by atoms with Crippen LogP contribution in [0.1, 0.15) is 31.2 Å². The Morgan fingerprint density at radius 3 is 2.90 bits per heavy atom. The molecule has 31 heavy (non-hydrogen) atoms. The topological polar surface area (TPSA) is 82.2 Å². The molecule has 8 heteroatoms. The fraction of sp³-hybridized carbons (Fsp3) is 0.478. The quantitative estimate of drug-likeness (QED) is 0.719. The predicted molar refractivity (Wildman–Crippen MR) is 115 cm³/mol. The van der Waals surface area contributed by atoms with E-state index in [9.17, 15) is 4.79 Å². The molecule has 1 aliphatic carbocycles. The van der Waals surface area contributed by atoms with Gasteiger partial charge in [0, 0.05) is 36.3 Å². The van der Waals surface area contributed by atoms with Gasteiger partial charge in [-0.05, 0) is 43.9 Å². The van der Waals surface area contributed by atoms with E-state index in [4.69, 9.17) is 18.9 Å². The second kappa shape index (κ2) is 10.3. The van der Waals surface area contributed by atoms with Crippen LogP contribution in [0.4, 0.5) is 10.5 Å². The number of hydrogen-bond acceptors (Lipinski definition) is 7. The van der Waals surface area contributed by atoms with Crippen LogP contribution < -0.4 is 14.8 Å². The van der Waals surface area contributed by atoms with Crippen LogP contribution in [0.2, 0.25) is 0 Å². The largest absolute Gasteiger partial charge is 0.493 e. The van der Waals surface area contributed by atoms with Gasteiger partial charge >= 0.3 is 6.09 Å². The number of morpholine rings is 1. The van der Waals surface area contributed by atoms with E-state index in [1.54, 1.807) is 24.4 Å². The van der Waals surface area contributed by atoms with Crippen LogP contribution in [0.25, 0.3) is 0 Å². The normalized spacial score (nSPS) is 19.1. The lowest BCUT2D eigenvalue weighted by Gasteiger charge is -2.33. The number of aromatic nitrogens is 1. The Bertz CT molecular complexity index is 858. The number of amides is 1. The summed E-state index contributed by atoms with van der Waals surface area (Å²) in [4.78, 5) is 18.1. The number of nitrogens with zero attached hydrogens (tertiary/aromatic N) is 2. The Labute approximate surface area is 182 Å². The first-order valence-corrected chi connectivity index (χ1v) is 10.7. The van der Waals surface area contributed by atoms with Gasteiger partial charge in [-0.15, -0.1) is 0 Å². The number of anilines is 1. The SMILES string of the molecule is COc1ccc(NC2CN(C(=O)OCc3cccnc3)CCO2)cc1OC1CCCC1. The maximum Gasteiger partial charge on any atom is 0.410 e. The number of ether oxygens (including phenoxy) is 4. The van der Waals surface area contributed by atoms with Gasteiger partial charge in [0.15, 0.2) is 11.5 Å². The third-order valence-electron chi connectivity index (χ3n) is 5.50. The molecule has 0 radical (unpaired) electrons. The fourth-order valence-electron chi connectivity index (χ4n) is 3.85. The van der Waals surface area contributed by atoms with Crippen molar-refractivity contribution in [3.8, 4) is 11.5 Å². The van der Waals surface area contributed by atoms with Crippen molar-refractivity contribution in [2.24, 2.45) is 0 Å². The molecule has 1 aliphatic heterocycles. The molecule has 1 aromatic carbocycles. The van der Waals surface area contributed by atoms with E-state index in [0.29, 0.717) is 25.4 Å². The molecule has 2 aliphatic rings. The second-order valence-electron chi connectivity index (χ2n) is 7.76. The van der Waals surface area contributed by atoms with Crippen LogP contribution in [0.5, 0.6) is 11.5 Å². The Kier molecular flexibility index (Phi) is 7.09. The average Bonchev–Trinajstić information content (AvgIpc) is 3.32. The molecule has 166 valence electrons. The number of benzene rings is 1. The number of rotatable bonds is 7. The first kappa shape index (κ1) is 21.2. The van der Waals surface area contributed by atoms with Gasteiger partial charge in [-0.1, -0.05) is 6.07 Å². The molecule has 1 N–H and O–H groups in total. The molecule has 8 nitrogen and oxygen atoms in total. The fourth-order valence-corrected chi connectivity index (χ4v) is 3.85. The highest BCUT2D eigenvalue weighted by molar-refractivity contribution is 5.68. The summed E-state index contributed by atoms with van der Waals surface area (Å²) in [5.41, 5.74) is 1.70. The molecule has 1 amide bonds. The van der Waals surface area contributed by atoms with Crippen LogP contribution in [-0.4, -0.2) is 55.1 Å².